The average Bonchev–Trinajstić information content (AvgIpc) is 3.67. The van der Waals surface area contributed by atoms with E-state index in [9.17, 15) is 22.8 Å². The van der Waals surface area contributed by atoms with Crippen molar-refractivity contribution in [3.63, 3.8) is 0 Å². The molecule has 194 valence electrons. The molecule has 0 bridgehead atoms. The molecule has 3 aliphatic rings. The summed E-state index contributed by atoms with van der Waals surface area (Å²) in [6.45, 7) is -0.0240. The number of nitrogens with zero attached hydrogens (tertiary/aromatic N) is 3. The number of likely N-dealkylation sites (tertiary alicyclic amines) is 1. The number of pyridine rings is 1. The fraction of sp³-hybridized carbons (Fsp3) is 0.440. The number of aromatic nitrogens is 1. The third-order valence-corrected chi connectivity index (χ3v) is 11.6. The van der Waals surface area contributed by atoms with Crippen LogP contribution in [-0.2, 0) is 19.6 Å². The largest absolute Gasteiger partial charge is 0.337 e. The minimum Gasteiger partial charge on any atom is -0.337 e. The average molecular weight is 559 g/mol. The number of Topliss-reactive ketones (excluding diaryl/α,β-unsaturated/α-hetero) is 1. The first-order valence-electron chi connectivity index (χ1n) is 12.4. The van der Waals surface area contributed by atoms with Gasteiger partial charge in [0, 0.05) is 22.1 Å². The summed E-state index contributed by atoms with van der Waals surface area (Å²) in [5, 5.41) is 4.94. The molecule has 2 aliphatic heterocycles. The first-order valence-corrected chi connectivity index (χ1v) is 15.5. The fourth-order valence-corrected chi connectivity index (χ4v) is 9.48. The standard InChI is InChI=1S/C25H26N4O5S3/c30-17-15-29(37(33,34)21-6-2-5-11-26-21)16-7-12-28(22(16)17)24(32)25(9-3-1-4-10-25)27-23(31)20-14-19-18(36-20)8-13-35-19/h2,5-6,8,11,13-14,16,22H,1,3-4,7,9-10,12,15H2,(H,27,31). The van der Waals surface area contributed by atoms with Crippen LogP contribution in [0.2, 0.25) is 0 Å². The van der Waals surface area contributed by atoms with Crippen molar-refractivity contribution in [2.24, 2.45) is 0 Å². The van der Waals surface area contributed by atoms with Gasteiger partial charge in [0.1, 0.15) is 11.6 Å². The molecular formula is C25H26N4O5S3. The van der Waals surface area contributed by atoms with Crippen LogP contribution in [0.15, 0.2) is 46.9 Å². The highest BCUT2D eigenvalue weighted by Gasteiger charge is 2.57. The summed E-state index contributed by atoms with van der Waals surface area (Å²) >= 11 is 2.97. The van der Waals surface area contributed by atoms with Gasteiger partial charge in [-0.2, -0.15) is 4.31 Å². The van der Waals surface area contributed by atoms with Crippen molar-refractivity contribution in [2.75, 3.05) is 13.1 Å². The predicted octanol–water partition coefficient (Wildman–Crippen LogP) is 3.03. The molecule has 1 saturated carbocycles. The molecule has 0 aromatic carbocycles. The molecule has 37 heavy (non-hydrogen) atoms. The van der Waals surface area contributed by atoms with Crippen LogP contribution in [0.1, 0.15) is 48.2 Å². The Morgan fingerprint density at radius 2 is 1.92 bits per heavy atom. The molecule has 2 unspecified atom stereocenters. The van der Waals surface area contributed by atoms with Gasteiger partial charge in [-0.1, -0.05) is 25.3 Å². The number of thiophene rings is 2. The maximum absolute atomic E-state index is 14.1. The maximum atomic E-state index is 14.1. The molecule has 2 amide bonds. The minimum absolute atomic E-state index is 0.111. The molecule has 5 heterocycles. The molecule has 3 aromatic heterocycles. The Balaban J connectivity index is 1.26. The highest BCUT2D eigenvalue weighted by atomic mass is 32.2. The summed E-state index contributed by atoms with van der Waals surface area (Å²) in [5.41, 5.74) is -1.10. The van der Waals surface area contributed by atoms with E-state index >= 15 is 0 Å². The molecule has 3 aromatic rings. The third kappa shape index (κ3) is 4.10. The molecule has 2 saturated heterocycles. The summed E-state index contributed by atoms with van der Waals surface area (Å²) < 4.78 is 29.8. The maximum Gasteiger partial charge on any atom is 0.262 e. The monoisotopic (exact) mass is 558 g/mol. The number of ketones is 1. The van der Waals surface area contributed by atoms with Crippen LogP contribution in [0.3, 0.4) is 0 Å². The number of carbonyl (C=O) groups is 3. The van der Waals surface area contributed by atoms with E-state index in [4.69, 9.17) is 0 Å². The predicted molar refractivity (Wildman–Crippen MR) is 140 cm³/mol. The van der Waals surface area contributed by atoms with Gasteiger partial charge in [-0.25, -0.2) is 13.4 Å². The quantitative estimate of drug-likeness (QED) is 0.515. The fourth-order valence-electron chi connectivity index (χ4n) is 5.92. The number of hydrogen-bond donors (Lipinski definition) is 1. The summed E-state index contributed by atoms with van der Waals surface area (Å²) in [7, 11) is -3.98. The number of hydrogen-bond acceptors (Lipinski definition) is 8. The molecule has 2 atom stereocenters. The molecule has 1 aliphatic carbocycles. The smallest absolute Gasteiger partial charge is 0.262 e. The number of fused-ring (bicyclic) bond motifs is 2. The topological polar surface area (TPSA) is 117 Å². The first-order chi connectivity index (χ1) is 17.8. The molecule has 6 rings (SSSR count). The molecule has 12 heteroatoms. The number of amides is 2. The lowest BCUT2D eigenvalue weighted by atomic mass is 9.80. The Morgan fingerprint density at radius 3 is 2.65 bits per heavy atom. The van der Waals surface area contributed by atoms with Crippen LogP contribution in [0.5, 0.6) is 0 Å². The van der Waals surface area contributed by atoms with Gasteiger partial charge in [-0.05, 0) is 48.9 Å². The van der Waals surface area contributed by atoms with E-state index in [1.165, 1.54) is 32.8 Å². The molecule has 1 N–H and O–H groups in total. The van der Waals surface area contributed by atoms with E-state index in [-0.39, 0.29) is 35.7 Å². The summed E-state index contributed by atoms with van der Waals surface area (Å²) in [6, 6.07) is 6.97. The zero-order valence-corrected chi connectivity index (χ0v) is 22.4. The second kappa shape index (κ2) is 9.26. The van der Waals surface area contributed by atoms with Gasteiger partial charge in [0.15, 0.2) is 10.8 Å². The van der Waals surface area contributed by atoms with Crippen LogP contribution in [-0.4, -0.2) is 70.9 Å². The van der Waals surface area contributed by atoms with Gasteiger partial charge >= 0.3 is 0 Å². The van der Waals surface area contributed by atoms with Crippen LogP contribution in [0.25, 0.3) is 9.40 Å². The third-order valence-electron chi connectivity index (χ3n) is 7.68. The van der Waals surface area contributed by atoms with Crippen molar-refractivity contribution in [2.45, 2.75) is 61.2 Å². The second-order valence-electron chi connectivity index (χ2n) is 9.84. The Labute approximate surface area is 222 Å². The van der Waals surface area contributed by atoms with Gasteiger partial charge in [0.05, 0.1) is 17.5 Å². The van der Waals surface area contributed by atoms with Crippen molar-refractivity contribution >= 4 is 59.7 Å². The Kier molecular flexibility index (Phi) is 6.17. The zero-order valence-electron chi connectivity index (χ0n) is 20.0. The van der Waals surface area contributed by atoms with Crippen molar-refractivity contribution < 1.29 is 22.8 Å². The van der Waals surface area contributed by atoms with Gasteiger partial charge in [0.2, 0.25) is 5.91 Å². The van der Waals surface area contributed by atoms with Crippen molar-refractivity contribution in [3.05, 3.63) is 46.8 Å². The van der Waals surface area contributed by atoms with E-state index < -0.39 is 27.6 Å². The summed E-state index contributed by atoms with van der Waals surface area (Å²) in [5.74, 6) is -0.862. The zero-order chi connectivity index (χ0) is 25.8. The second-order valence-corrected chi connectivity index (χ2v) is 13.7. The van der Waals surface area contributed by atoms with Crippen LogP contribution in [0.4, 0.5) is 0 Å². The van der Waals surface area contributed by atoms with Gasteiger partial charge in [-0.3, -0.25) is 14.4 Å². The Morgan fingerprint density at radius 1 is 1.11 bits per heavy atom. The SMILES string of the molecule is O=C(NC1(C(=O)N2CCC3C2C(=O)CN3S(=O)(=O)c2ccccn2)CCCCC1)c1cc2sccc2s1. The van der Waals surface area contributed by atoms with Gasteiger partial charge < -0.3 is 10.2 Å². The highest BCUT2D eigenvalue weighted by molar-refractivity contribution is 7.89. The number of carbonyl (C=O) groups excluding carboxylic acids is 3. The van der Waals surface area contributed by atoms with E-state index in [0.717, 1.165) is 28.7 Å². The normalized spacial score (nSPS) is 23.9. The van der Waals surface area contributed by atoms with E-state index in [1.807, 2.05) is 17.5 Å². The lowest BCUT2D eigenvalue weighted by Crippen LogP contribution is -2.62. The lowest BCUT2D eigenvalue weighted by Gasteiger charge is -2.40. The number of rotatable bonds is 5. The Hall–Kier alpha value is -2.67. The van der Waals surface area contributed by atoms with Crippen molar-refractivity contribution in [3.8, 4) is 0 Å². The number of nitrogens with one attached hydrogen (secondary N) is 1. The van der Waals surface area contributed by atoms with Crippen LogP contribution < -0.4 is 5.32 Å². The summed E-state index contributed by atoms with van der Waals surface area (Å²) in [4.78, 5) is 46.6. The molecule has 0 spiro atoms. The van der Waals surface area contributed by atoms with Crippen molar-refractivity contribution in [1.82, 2.24) is 19.5 Å². The lowest BCUT2D eigenvalue weighted by molar-refractivity contribution is -0.143. The van der Waals surface area contributed by atoms with Gasteiger partial charge in [-0.15, -0.1) is 22.7 Å². The molecule has 9 nitrogen and oxygen atoms in total. The van der Waals surface area contributed by atoms with E-state index in [0.29, 0.717) is 24.1 Å². The first kappa shape index (κ1) is 24.7. The molecule has 0 radical (unpaired) electrons. The van der Waals surface area contributed by atoms with Crippen LogP contribution >= 0.6 is 22.7 Å². The summed E-state index contributed by atoms with van der Waals surface area (Å²) in [6.07, 6.45) is 5.31. The van der Waals surface area contributed by atoms with E-state index in [1.54, 1.807) is 23.5 Å². The van der Waals surface area contributed by atoms with Gasteiger partial charge in [0.25, 0.3) is 15.9 Å². The minimum atomic E-state index is -3.98. The van der Waals surface area contributed by atoms with Crippen LogP contribution in [0, 0.1) is 0 Å². The Bertz CT molecular complexity index is 1450. The highest BCUT2D eigenvalue weighted by Crippen LogP contribution is 2.38. The molecular weight excluding hydrogens is 532 g/mol. The number of sulfonamides is 1. The molecule has 3 fully saturated rings. The van der Waals surface area contributed by atoms with E-state index in [2.05, 4.69) is 10.3 Å². The van der Waals surface area contributed by atoms with Crippen molar-refractivity contribution in [1.29, 1.82) is 0 Å².